The molecule has 9 rings (SSSR count). The van der Waals surface area contributed by atoms with Crippen molar-refractivity contribution < 1.29 is 0 Å². The van der Waals surface area contributed by atoms with E-state index in [4.69, 9.17) is 0 Å². The molecule has 0 atom stereocenters. The topological polar surface area (TPSA) is 0 Å². The third kappa shape index (κ3) is 3.40. The number of hydrogen-bond donors (Lipinski definition) is 0. The molecule has 0 aliphatic heterocycles. The van der Waals surface area contributed by atoms with Crippen LogP contribution >= 0.6 is 11.3 Å². The summed E-state index contributed by atoms with van der Waals surface area (Å²) in [5, 5.41) is 13.0. The minimum Gasteiger partial charge on any atom is -0.135 e. The molecule has 0 unspecified atom stereocenters. The first-order valence-corrected chi connectivity index (χ1v) is 14.9. The molecule has 1 heterocycles. The zero-order valence-electron chi connectivity index (χ0n) is 22.3. The van der Waals surface area contributed by atoms with E-state index in [2.05, 4.69) is 146 Å². The first kappa shape index (κ1) is 22.8. The lowest BCUT2D eigenvalue weighted by Crippen LogP contribution is -1.91. The average Bonchev–Trinajstić information content (AvgIpc) is 3.42. The van der Waals surface area contributed by atoms with Gasteiger partial charge in [-0.2, -0.15) is 0 Å². The number of rotatable bonds is 2. The predicted molar refractivity (Wildman–Crippen MR) is 180 cm³/mol. The highest BCUT2D eigenvalue weighted by atomic mass is 32.1. The molecule has 41 heavy (non-hydrogen) atoms. The van der Waals surface area contributed by atoms with Gasteiger partial charge in [0.1, 0.15) is 0 Å². The lowest BCUT2D eigenvalue weighted by atomic mass is 9.85. The van der Waals surface area contributed by atoms with Crippen LogP contribution in [0.3, 0.4) is 0 Å². The lowest BCUT2D eigenvalue weighted by Gasteiger charge is -2.18. The second kappa shape index (κ2) is 8.76. The van der Waals surface area contributed by atoms with E-state index in [0.717, 1.165) is 0 Å². The lowest BCUT2D eigenvalue weighted by molar-refractivity contribution is 1.69. The van der Waals surface area contributed by atoms with Gasteiger partial charge in [0.05, 0.1) is 0 Å². The molecule has 0 aliphatic rings. The van der Waals surface area contributed by atoms with Crippen LogP contribution in [0.15, 0.2) is 146 Å². The van der Waals surface area contributed by atoms with Crippen molar-refractivity contribution in [3.8, 4) is 22.3 Å². The number of benzene rings is 8. The van der Waals surface area contributed by atoms with Crippen molar-refractivity contribution in [2.75, 3.05) is 0 Å². The monoisotopic (exact) mass is 536 g/mol. The van der Waals surface area contributed by atoms with Gasteiger partial charge in [0.25, 0.3) is 0 Å². The molecule has 1 aromatic heterocycles. The molecule has 0 amide bonds. The Morgan fingerprint density at radius 3 is 1.49 bits per heavy atom. The Morgan fingerprint density at radius 2 is 0.805 bits per heavy atom. The van der Waals surface area contributed by atoms with Crippen LogP contribution in [0.25, 0.3) is 85.5 Å². The van der Waals surface area contributed by atoms with Crippen molar-refractivity contribution in [2.45, 2.75) is 0 Å². The zero-order chi connectivity index (χ0) is 26.9. The molecule has 0 fully saturated rings. The molecule has 0 saturated heterocycles. The molecule has 0 N–H and O–H groups in total. The van der Waals surface area contributed by atoms with Crippen LogP contribution in [0.5, 0.6) is 0 Å². The maximum Gasteiger partial charge on any atom is 0.0361 e. The Hall–Kier alpha value is -4.98. The SMILES string of the molecule is c1ccc2cc(-c3c4ccccc4c(-c4ccc5sc6ccc7ccccc7c6c5c4)c4ccccc34)ccc2c1. The van der Waals surface area contributed by atoms with Crippen LogP contribution in [0.4, 0.5) is 0 Å². The van der Waals surface area contributed by atoms with Crippen LogP contribution in [0.2, 0.25) is 0 Å². The standard InChI is InChI=1S/C40H24S/c1-2-11-27-23-28(18-17-25(27)9-1)38-31-13-5-7-15-33(31)39(34-16-8-6-14-32(34)38)29-20-21-36-35(24-29)40-30-12-4-3-10-26(30)19-22-37(40)41-36/h1-24H. The Labute approximate surface area is 241 Å². The molecule has 0 bridgehead atoms. The number of fused-ring (bicyclic) bond motifs is 8. The summed E-state index contributed by atoms with van der Waals surface area (Å²) >= 11 is 1.89. The summed E-state index contributed by atoms with van der Waals surface area (Å²) in [5.74, 6) is 0. The molecular formula is C40H24S. The van der Waals surface area contributed by atoms with E-state index >= 15 is 0 Å². The summed E-state index contributed by atoms with van der Waals surface area (Å²) in [6.07, 6.45) is 0. The van der Waals surface area contributed by atoms with Crippen molar-refractivity contribution in [1.82, 2.24) is 0 Å². The highest BCUT2D eigenvalue weighted by Crippen LogP contribution is 2.46. The maximum absolute atomic E-state index is 2.44. The fourth-order valence-corrected chi connectivity index (χ4v) is 7.90. The Balaban J connectivity index is 1.39. The highest BCUT2D eigenvalue weighted by Gasteiger charge is 2.18. The molecule has 0 saturated carbocycles. The Kier molecular flexibility index (Phi) is 4.87. The molecule has 0 aliphatic carbocycles. The minimum atomic E-state index is 1.26. The van der Waals surface area contributed by atoms with E-state index in [9.17, 15) is 0 Å². The highest BCUT2D eigenvalue weighted by molar-refractivity contribution is 7.26. The van der Waals surface area contributed by atoms with Crippen molar-refractivity contribution in [3.63, 3.8) is 0 Å². The molecule has 190 valence electrons. The largest absolute Gasteiger partial charge is 0.135 e. The molecule has 9 aromatic rings. The summed E-state index contributed by atoms with van der Waals surface area (Å²) in [4.78, 5) is 0. The molecule has 0 spiro atoms. The molecular weight excluding hydrogens is 513 g/mol. The Bertz CT molecular complexity index is 2420. The first-order chi connectivity index (χ1) is 20.3. The van der Waals surface area contributed by atoms with Crippen LogP contribution in [0, 0.1) is 0 Å². The van der Waals surface area contributed by atoms with Gasteiger partial charge in [-0.25, -0.2) is 0 Å². The van der Waals surface area contributed by atoms with Gasteiger partial charge in [0.15, 0.2) is 0 Å². The Morgan fingerprint density at radius 1 is 0.317 bits per heavy atom. The van der Waals surface area contributed by atoms with Gasteiger partial charge in [0.2, 0.25) is 0 Å². The number of thiophene rings is 1. The predicted octanol–water partition coefficient (Wildman–Crippen LogP) is 12.0. The van der Waals surface area contributed by atoms with E-state index in [1.165, 1.54) is 85.5 Å². The van der Waals surface area contributed by atoms with Gasteiger partial charge in [0, 0.05) is 20.2 Å². The van der Waals surface area contributed by atoms with E-state index in [1.54, 1.807) is 0 Å². The van der Waals surface area contributed by atoms with E-state index in [0.29, 0.717) is 0 Å². The van der Waals surface area contributed by atoms with Crippen LogP contribution in [0.1, 0.15) is 0 Å². The fourth-order valence-electron chi connectivity index (χ4n) is 6.80. The van der Waals surface area contributed by atoms with E-state index in [-0.39, 0.29) is 0 Å². The van der Waals surface area contributed by atoms with Crippen molar-refractivity contribution in [2.24, 2.45) is 0 Å². The van der Waals surface area contributed by atoms with Crippen LogP contribution < -0.4 is 0 Å². The molecule has 8 aromatic carbocycles. The van der Waals surface area contributed by atoms with Gasteiger partial charge in [-0.15, -0.1) is 11.3 Å². The summed E-state index contributed by atoms with van der Waals surface area (Å²) in [7, 11) is 0. The van der Waals surface area contributed by atoms with Crippen molar-refractivity contribution >= 4 is 74.6 Å². The van der Waals surface area contributed by atoms with Gasteiger partial charge < -0.3 is 0 Å². The molecule has 0 radical (unpaired) electrons. The minimum absolute atomic E-state index is 1.26. The summed E-state index contributed by atoms with van der Waals surface area (Å²) in [6, 6.07) is 53.8. The second-order valence-corrected chi connectivity index (χ2v) is 12.0. The number of hydrogen-bond acceptors (Lipinski definition) is 1. The average molecular weight is 537 g/mol. The van der Waals surface area contributed by atoms with Gasteiger partial charge in [-0.3, -0.25) is 0 Å². The van der Waals surface area contributed by atoms with Crippen molar-refractivity contribution in [3.05, 3.63) is 146 Å². The fraction of sp³-hybridized carbons (Fsp3) is 0. The van der Waals surface area contributed by atoms with E-state index in [1.807, 2.05) is 11.3 Å². The molecule has 1 heteroatoms. The molecule has 0 nitrogen and oxygen atoms in total. The van der Waals surface area contributed by atoms with Crippen LogP contribution in [-0.4, -0.2) is 0 Å². The maximum atomic E-state index is 2.44. The van der Waals surface area contributed by atoms with Gasteiger partial charge >= 0.3 is 0 Å². The van der Waals surface area contributed by atoms with Gasteiger partial charge in [-0.1, -0.05) is 121 Å². The van der Waals surface area contributed by atoms with Gasteiger partial charge in [-0.05, 0) is 89.6 Å². The van der Waals surface area contributed by atoms with E-state index < -0.39 is 0 Å². The van der Waals surface area contributed by atoms with Crippen molar-refractivity contribution in [1.29, 1.82) is 0 Å². The summed E-state index contributed by atoms with van der Waals surface area (Å²) < 4.78 is 2.68. The third-order valence-electron chi connectivity index (χ3n) is 8.62. The third-order valence-corrected chi connectivity index (χ3v) is 9.75. The smallest absolute Gasteiger partial charge is 0.0361 e. The normalized spacial score (nSPS) is 11.9. The summed E-state index contributed by atoms with van der Waals surface area (Å²) in [6.45, 7) is 0. The quantitative estimate of drug-likeness (QED) is 0.193. The second-order valence-electron chi connectivity index (χ2n) is 10.9. The zero-order valence-corrected chi connectivity index (χ0v) is 23.1. The van der Waals surface area contributed by atoms with Crippen LogP contribution in [-0.2, 0) is 0 Å². The summed E-state index contributed by atoms with van der Waals surface area (Å²) in [5.41, 5.74) is 5.14. The first-order valence-electron chi connectivity index (χ1n) is 14.1.